The number of rotatable bonds is 6. The van der Waals surface area contributed by atoms with Gasteiger partial charge in [0.25, 0.3) is 12.3 Å². The lowest BCUT2D eigenvalue weighted by molar-refractivity contribution is 0.0903. The van der Waals surface area contributed by atoms with Crippen LogP contribution < -0.4 is 11.1 Å². The summed E-state index contributed by atoms with van der Waals surface area (Å²) in [6.07, 6.45) is -0.273. The van der Waals surface area contributed by atoms with Crippen LogP contribution in [0.2, 0.25) is 5.02 Å². The van der Waals surface area contributed by atoms with Crippen LogP contribution in [0.15, 0.2) is 59.3 Å². The number of carbonyl (C=O) groups excluding carboxylic acids is 1. The second-order valence-corrected chi connectivity index (χ2v) is 8.47. The lowest BCUT2D eigenvalue weighted by atomic mass is 10.1. The standard InChI is InChI=1S/C25H17ClF3N5O2/c26-16-9-15-6-13(7-18(27)20(15)32-11-16)8-19-34-21(23(28)29)22(36-19)25(35)33-10-12-1-2-17-14(5-12)3-4-31-24(17)30/h1-7,9,11,23H,8,10H2,(H2,30,31)(H,33,35). The molecule has 0 saturated carbocycles. The number of benzene rings is 2. The van der Waals surface area contributed by atoms with Gasteiger partial charge in [-0.15, -0.1) is 0 Å². The van der Waals surface area contributed by atoms with E-state index in [2.05, 4.69) is 20.3 Å². The highest BCUT2D eigenvalue weighted by Crippen LogP contribution is 2.27. The average Bonchev–Trinajstić information content (AvgIpc) is 3.26. The van der Waals surface area contributed by atoms with Gasteiger partial charge in [-0.1, -0.05) is 23.7 Å². The van der Waals surface area contributed by atoms with Crippen LogP contribution in [-0.2, 0) is 13.0 Å². The highest BCUT2D eigenvalue weighted by atomic mass is 35.5. The van der Waals surface area contributed by atoms with Gasteiger partial charge in [-0.2, -0.15) is 0 Å². The maximum Gasteiger partial charge on any atom is 0.289 e. The van der Waals surface area contributed by atoms with Gasteiger partial charge in [0.15, 0.2) is 11.6 Å². The molecule has 36 heavy (non-hydrogen) atoms. The summed E-state index contributed by atoms with van der Waals surface area (Å²) in [4.78, 5) is 24.5. The second-order valence-electron chi connectivity index (χ2n) is 8.04. The Morgan fingerprint density at radius 3 is 2.69 bits per heavy atom. The number of halogens is 4. The number of fused-ring (bicyclic) bond motifs is 2. The minimum Gasteiger partial charge on any atom is -0.435 e. The molecule has 1 amide bonds. The van der Waals surface area contributed by atoms with Crippen molar-refractivity contribution in [1.82, 2.24) is 20.3 Å². The summed E-state index contributed by atoms with van der Waals surface area (Å²) >= 11 is 5.93. The predicted octanol–water partition coefficient (Wildman–Crippen LogP) is 5.60. The number of aromatic nitrogens is 3. The fourth-order valence-corrected chi connectivity index (χ4v) is 4.07. The first-order chi connectivity index (χ1) is 17.3. The molecule has 0 atom stereocenters. The summed E-state index contributed by atoms with van der Waals surface area (Å²) in [6.45, 7) is 0.0549. The zero-order valence-electron chi connectivity index (χ0n) is 18.4. The molecular weight excluding hydrogens is 495 g/mol. The third kappa shape index (κ3) is 4.67. The largest absolute Gasteiger partial charge is 0.435 e. The zero-order valence-corrected chi connectivity index (χ0v) is 19.2. The number of anilines is 1. The van der Waals surface area contributed by atoms with Crippen molar-refractivity contribution in [2.24, 2.45) is 0 Å². The molecule has 0 unspecified atom stereocenters. The number of nitrogens with one attached hydrogen (secondary N) is 1. The lowest BCUT2D eigenvalue weighted by Crippen LogP contribution is -2.23. The van der Waals surface area contributed by atoms with Crippen molar-refractivity contribution < 1.29 is 22.4 Å². The van der Waals surface area contributed by atoms with Gasteiger partial charge in [0.1, 0.15) is 17.2 Å². The Labute approximate surface area is 207 Å². The van der Waals surface area contributed by atoms with Crippen LogP contribution in [0.3, 0.4) is 0 Å². The first kappa shape index (κ1) is 23.6. The molecule has 3 heterocycles. The molecule has 0 aliphatic carbocycles. The van der Waals surface area contributed by atoms with E-state index in [9.17, 15) is 18.0 Å². The molecule has 182 valence electrons. The Morgan fingerprint density at radius 2 is 1.89 bits per heavy atom. The molecule has 3 N–H and O–H groups in total. The summed E-state index contributed by atoms with van der Waals surface area (Å²) in [7, 11) is 0. The van der Waals surface area contributed by atoms with E-state index in [1.807, 2.05) is 6.07 Å². The number of hydrogen-bond acceptors (Lipinski definition) is 6. The number of nitrogens with zero attached hydrogens (tertiary/aromatic N) is 3. The Bertz CT molecular complexity index is 1620. The molecule has 0 aliphatic rings. The topological polar surface area (TPSA) is 107 Å². The van der Waals surface area contributed by atoms with Crippen molar-refractivity contribution in [3.8, 4) is 0 Å². The van der Waals surface area contributed by atoms with E-state index < -0.39 is 29.6 Å². The second kappa shape index (κ2) is 9.46. The molecule has 0 saturated heterocycles. The first-order valence-electron chi connectivity index (χ1n) is 10.7. The number of nitrogens with two attached hydrogens (primary N) is 1. The highest BCUT2D eigenvalue weighted by Gasteiger charge is 2.26. The zero-order chi connectivity index (χ0) is 25.4. The van der Waals surface area contributed by atoms with Gasteiger partial charge in [-0.05, 0) is 46.8 Å². The monoisotopic (exact) mass is 511 g/mol. The summed E-state index contributed by atoms with van der Waals surface area (Å²) in [5.41, 5.74) is 6.30. The van der Waals surface area contributed by atoms with Crippen LogP contribution in [0.25, 0.3) is 21.7 Å². The van der Waals surface area contributed by atoms with E-state index in [0.717, 1.165) is 16.3 Å². The Kier molecular flexibility index (Phi) is 6.19. The Balaban J connectivity index is 1.37. The number of carbonyl (C=O) groups is 1. The molecule has 0 fully saturated rings. The van der Waals surface area contributed by atoms with E-state index in [1.54, 1.807) is 30.5 Å². The Hall–Kier alpha value is -4.18. The van der Waals surface area contributed by atoms with Crippen molar-refractivity contribution in [3.63, 3.8) is 0 Å². The van der Waals surface area contributed by atoms with E-state index in [0.29, 0.717) is 21.8 Å². The molecule has 0 spiro atoms. The summed E-state index contributed by atoms with van der Waals surface area (Å²) in [5.74, 6) is -1.83. The number of nitrogen functional groups attached to an aromatic ring is 1. The van der Waals surface area contributed by atoms with E-state index >= 15 is 0 Å². The lowest BCUT2D eigenvalue weighted by Gasteiger charge is -2.07. The molecule has 5 aromatic rings. The maximum atomic E-state index is 14.5. The van der Waals surface area contributed by atoms with Crippen LogP contribution in [0.5, 0.6) is 0 Å². The first-order valence-corrected chi connectivity index (χ1v) is 11.1. The summed E-state index contributed by atoms with van der Waals surface area (Å²) in [5, 5.41) is 4.91. The molecule has 5 rings (SSSR count). The molecular formula is C25H17ClF3N5O2. The molecule has 0 bridgehead atoms. The van der Waals surface area contributed by atoms with E-state index in [1.165, 1.54) is 18.3 Å². The molecule has 11 heteroatoms. The quantitative estimate of drug-likeness (QED) is 0.307. The third-order valence-corrected chi connectivity index (χ3v) is 5.75. The fourth-order valence-electron chi connectivity index (χ4n) is 3.90. The molecule has 0 radical (unpaired) electrons. The maximum absolute atomic E-state index is 14.5. The SMILES string of the molecule is Nc1nccc2cc(CNC(=O)c3oc(Cc4cc(F)c5ncc(Cl)cc5c4)nc3C(F)F)ccc12. The fraction of sp³-hybridized carbons (Fsp3) is 0.120. The normalized spacial score (nSPS) is 11.5. The number of oxazole rings is 1. The number of alkyl halides is 2. The average molecular weight is 512 g/mol. The van der Waals surface area contributed by atoms with Gasteiger partial charge in [0.2, 0.25) is 5.76 Å². The predicted molar refractivity (Wildman–Crippen MR) is 128 cm³/mol. The summed E-state index contributed by atoms with van der Waals surface area (Å²) < 4.78 is 47.1. The molecule has 0 aliphatic heterocycles. The smallest absolute Gasteiger partial charge is 0.289 e. The number of hydrogen-bond donors (Lipinski definition) is 2. The Morgan fingerprint density at radius 1 is 1.08 bits per heavy atom. The highest BCUT2D eigenvalue weighted by molar-refractivity contribution is 6.31. The molecule has 2 aromatic carbocycles. The van der Waals surface area contributed by atoms with Crippen molar-refractivity contribution in [2.45, 2.75) is 19.4 Å². The van der Waals surface area contributed by atoms with Crippen molar-refractivity contribution in [3.05, 3.63) is 94.2 Å². The van der Waals surface area contributed by atoms with E-state index in [-0.39, 0.29) is 24.4 Å². The minimum absolute atomic E-state index is 0.0549. The molecule has 7 nitrogen and oxygen atoms in total. The van der Waals surface area contributed by atoms with Crippen LogP contribution >= 0.6 is 11.6 Å². The third-order valence-electron chi connectivity index (χ3n) is 5.54. The van der Waals surface area contributed by atoms with Crippen LogP contribution in [-0.4, -0.2) is 20.9 Å². The van der Waals surface area contributed by atoms with Gasteiger partial charge in [-0.25, -0.2) is 23.1 Å². The molecule has 3 aromatic heterocycles. The van der Waals surface area contributed by atoms with Gasteiger partial charge in [0, 0.05) is 36.1 Å². The van der Waals surface area contributed by atoms with E-state index in [4.69, 9.17) is 21.8 Å². The van der Waals surface area contributed by atoms with Crippen molar-refractivity contribution in [1.29, 1.82) is 0 Å². The number of amides is 1. The van der Waals surface area contributed by atoms with Gasteiger partial charge in [-0.3, -0.25) is 9.78 Å². The van der Waals surface area contributed by atoms with Crippen molar-refractivity contribution in [2.75, 3.05) is 5.73 Å². The van der Waals surface area contributed by atoms with Crippen LogP contribution in [0.4, 0.5) is 19.0 Å². The van der Waals surface area contributed by atoms with Crippen LogP contribution in [0.1, 0.15) is 39.7 Å². The van der Waals surface area contributed by atoms with Crippen molar-refractivity contribution >= 4 is 45.0 Å². The summed E-state index contributed by atoms with van der Waals surface area (Å²) in [6, 6.07) is 11.4. The van der Waals surface area contributed by atoms with Crippen LogP contribution in [0, 0.1) is 5.82 Å². The van der Waals surface area contributed by atoms with Gasteiger partial charge < -0.3 is 15.5 Å². The van der Waals surface area contributed by atoms with Gasteiger partial charge in [0.05, 0.1) is 5.02 Å². The minimum atomic E-state index is -3.05. The van der Waals surface area contributed by atoms with Gasteiger partial charge >= 0.3 is 0 Å². The number of pyridine rings is 2.